The van der Waals surface area contributed by atoms with Crippen molar-refractivity contribution in [2.24, 2.45) is 0 Å². The monoisotopic (exact) mass is 359 g/mol. The Balaban J connectivity index is 1.84. The lowest BCUT2D eigenvalue weighted by Gasteiger charge is -2.27. The molecule has 0 aliphatic carbocycles. The molecule has 2 aromatic carbocycles. The number of hydrogen-bond donors (Lipinski definition) is 1. The van der Waals surface area contributed by atoms with Gasteiger partial charge in [-0.3, -0.25) is 4.79 Å². The molecule has 0 aromatic heterocycles. The van der Waals surface area contributed by atoms with Gasteiger partial charge in [0.2, 0.25) is 5.91 Å². The molecule has 1 heterocycles. The molecule has 1 saturated heterocycles. The van der Waals surface area contributed by atoms with Crippen LogP contribution in [0, 0.1) is 0 Å². The summed E-state index contributed by atoms with van der Waals surface area (Å²) in [5, 5.41) is 9.26. The highest BCUT2D eigenvalue weighted by molar-refractivity contribution is 8.00. The summed E-state index contributed by atoms with van der Waals surface area (Å²) in [5.41, 5.74) is 1.97. The van der Waals surface area contributed by atoms with Crippen LogP contribution >= 0.6 is 11.8 Å². The predicted octanol–water partition coefficient (Wildman–Crippen LogP) is 3.23. The zero-order chi connectivity index (χ0) is 17.8. The molecule has 0 saturated carbocycles. The number of thioether (sulfide) groups is 1. The minimum absolute atomic E-state index is 0.113. The van der Waals surface area contributed by atoms with E-state index in [2.05, 4.69) is 0 Å². The molecule has 1 unspecified atom stereocenters. The number of hydrogen-bond acceptors (Lipinski definition) is 5. The average Bonchev–Trinajstić information content (AvgIpc) is 3.00. The first kappa shape index (κ1) is 17.5. The van der Waals surface area contributed by atoms with Gasteiger partial charge in [-0.2, -0.15) is 0 Å². The molecule has 0 bridgehead atoms. The summed E-state index contributed by atoms with van der Waals surface area (Å²) >= 11 is 1.58. The predicted molar refractivity (Wildman–Crippen MR) is 98.3 cm³/mol. The Morgan fingerprint density at radius 2 is 1.76 bits per heavy atom. The molecule has 0 spiro atoms. The molecule has 1 atom stereocenters. The van der Waals surface area contributed by atoms with Crippen LogP contribution in [0.1, 0.15) is 16.5 Å². The lowest BCUT2D eigenvalue weighted by atomic mass is 10.1. The molecule has 1 amide bonds. The molecule has 6 heteroatoms. The lowest BCUT2D eigenvalue weighted by molar-refractivity contribution is -0.128. The van der Waals surface area contributed by atoms with Crippen molar-refractivity contribution < 1.29 is 19.4 Å². The second-order valence-corrected chi connectivity index (χ2v) is 6.81. The van der Waals surface area contributed by atoms with Crippen molar-refractivity contribution in [3.8, 4) is 17.2 Å². The maximum Gasteiger partial charge on any atom is 0.233 e. The van der Waals surface area contributed by atoms with Crippen molar-refractivity contribution in [2.45, 2.75) is 11.8 Å². The molecule has 132 valence electrons. The van der Waals surface area contributed by atoms with Gasteiger partial charge in [-0.25, -0.2) is 0 Å². The van der Waals surface area contributed by atoms with Crippen molar-refractivity contribution in [2.75, 3.05) is 26.5 Å². The molecular formula is C19H21NO4S. The summed E-state index contributed by atoms with van der Waals surface area (Å²) in [4.78, 5) is 14.3. The molecule has 1 aliphatic heterocycles. The van der Waals surface area contributed by atoms with Gasteiger partial charge in [0.05, 0.1) is 25.5 Å². The van der Waals surface area contributed by atoms with Gasteiger partial charge in [0, 0.05) is 6.54 Å². The van der Waals surface area contributed by atoms with Crippen molar-refractivity contribution in [3.05, 3.63) is 53.6 Å². The Labute approximate surface area is 151 Å². The Kier molecular flexibility index (Phi) is 5.38. The second kappa shape index (κ2) is 7.70. The summed E-state index contributed by atoms with van der Waals surface area (Å²) in [6, 6.07) is 12.7. The smallest absolute Gasteiger partial charge is 0.233 e. The fraction of sp³-hybridized carbons (Fsp3) is 0.316. The molecule has 1 fully saturated rings. The van der Waals surface area contributed by atoms with Crippen LogP contribution in [-0.4, -0.2) is 42.4 Å². The number of phenols is 1. The molecule has 1 aliphatic rings. The van der Waals surface area contributed by atoms with Gasteiger partial charge in [0.1, 0.15) is 22.6 Å². The number of carbonyl (C=O) groups is 1. The molecule has 5 nitrogen and oxygen atoms in total. The topological polar surface area (TPSA) is 59.0 Å². The second-order valence-electron chi connectivity index (χ2n) is 5.74. The maximum absolute atomic E-state index is 12.4. The van der Waals surface area contributed by atoms with Gasteiger partial charge in [0.25, 0.3) is 0 Å². The van der Waals surface area contributed by atoms with E-state index in [-0.39, 0.29) is 17.0 Å². The van der Waals surface area contributed by atoms with Crippen LogP contribution in [0.5, 0.6) is 17.2 Å². The zero-order valence-corrected chi connectivity index (χ0v) is 15.1. The summed E-state index contributed by atoms with van der Waals surface area (Å²) in [6.07, 6.45) is 0.723. The van der Waals surface area contributed by atoms with Gasteiger partial charge in [0.15, 0.2) is 0 Å². The Bertz CT molecular complexity index is 725. The minimum atomic E-state index is -0.129. The number of amides is 1. The van der Waals surface area contributed by atoms with E-state index >= 15 is 0 Å². The van der Waals surface area contributed by atoms with E-state index in [0.717, 1.165) is 29.0 Å². The quantitative estimate of drug-likeness (QED) is 0.858. The van der Waals surface area contributed by atoms with E-state index in [0.29, 0.717) is 12.3 Å². The molecule has 25 heavy (non-hydrogen) atoms. The first-order chi connectivity index (χ1) is 12.1. The standard InChI is InChI=1S/C19H21NO4S/c1-23-15-4-3-5-16(24-2)18(15)19-20(17(22)12-25-19)11-10-13-6-8-14(21)9-7-13/h3-9,19,21H,10-12H2,1-2H3. The molecule has 0 radical (unpaired) electrons. The van der Waals surface area contributed by atoms with Gasteiger partial charge < -0.3 is 19.5 Å². The maximum atomic E-state index is 12.4. The van der Waals surface area contributed by atoms with E-state index < -0.39 is 0 Å². The van der Waals surface area contributed by atoms with Gasteiger partial charge in [-0.1, -0.05) is 18.2 Å². The van der Waals surface area contributed by atoms with Crippen molar-refractivity contribution >= 4 is 17.7 Å². The van der Waals surface area contributed by atoms with Crippen LogP contribution in [0.2, 0.25) is 0 Å². The van der Waals surface area contributed by atoms with Crippen LogP contribution in [0.15, 0.2) is 42.5 Å². The molecular weight excluding hydrogens is 338 g/mol. The van der Waals surface area contributed by atoms with E-state index in [1.54, 1.807) is 38.1 Å². The minimum Gasteiger partial charge on any atom is -0.508 e. The third kappa shape index (κ3) is 3.69. The number of ether oxygens (including phenoxy) is 2. The number of aromatic hydroxyl groups is 1. The van der Waals surface area contributed by atoms with Crippen LogP contribution in [0.4, 0.5) is 0 Å². The van der Waals surface area contributed by atoms with E-state index in [1.165, 1.54) is 0 Å². The van der Waals surface area contributed by atoms with Crippen LogP contribution in [-0.2, 0) is 11.2 Å². The fourth-order valence-electron chi connectivity index (χ4n) is 2.97. The van der Waals surface area contributed by atoms with Crippen LogP contribution in [0.25, 0.3) is 0 Å². The normalized spacial score (nSPS) is 17.0. The molecule has 2 aromatic rings. The number of phenolic OH excluding ortho intramolecular Hbond substituents is 1. The highest BCUT2D eigenvalue weighted by Gasteiger charge is 2.36. The molecule has 1 N–H and O–H groups in total. The average molecular weight is 359 g/mol. The first-order valence-electron chi connectivity index (χ1n) is 8.04. The van der Waals surface area contributed by atoms with Gasteiger partial charge in [-0.15, -0.1) is 11.8 Å². The number of carbonyl (C=O) groups excluding carboxylic acids is 1. The van der Waals surface area contributed by atoms with E-state index in [9.17, 15) is 9.90 Å². The lowest BCUT2D eigenvalue weighted by Crippen LogP contribution is -2.30. The van der Waals surface area contributed by atoms with Crippen LogP contribution < -0.4 is 9.47 Å². The fourth-order valence-corrected chi connectivity index (χ4v) is 4.24. The van der Waals surface area contributed by atoms with Gasteiger partial charge in [-0.05, 0) is 36.2 Å². The highest BCUT2D eigenvalue weighted by Crippen LogP contribution is 2.46. The number of methoxy groups -OCH3 is 2. The SMILES string of the molecule is COc1cccc(OC)c1C1SCC(=O)N1CCc1ccc(O)cc1. The van der Waals surface area contributed by atoms with Crippen molar-refractivity contribution in [1.29, 1.82) is 0 Å². The summed E-state index contributed by atoms with van der Waals surface area (Å²) in [7, 11) is 3.25. The Morgan fingerprint density at radius 1 is 1.12 bits per heavy atom. The Morgan fingerprint density at radius 3 is 2.36 bits per heavy atom. The summed E-state index contributed by atoms with van der Waals surface area (Å²) in [5.74, 6) is 2.25. The third-order valence-corrected chi connectivity index (χ3v) is 5.48. The number of rotatable bonds is 6. The highest BCUT2D eigenvalue weighted by atomic mass is 32.2. The summed E-state index contributed by atoms with van der Waals surface area (Å²) < 4.78 is 11.0. The van der Waals surface area contributed by atoms with E-state index in [4.69, 9.17) is 9.47 Å². The number of benzene rings is 2. The zero-order valence-electron chi connectivity index (χ0n) is 14.3. The largest absolute Gasteiger partial charge is 0.508 e. The van der Waals surface area contributed by atoms with Crippen molar-refractivity contribution in [1.82, 2.24) is 4.90 Å². The summed E-state index contributed by atoms with van der Waals surface area (Å²) in [6.45, 7) is 0.600. The van der Waals surface area contributed by atoms with Crippen LogP contribution in [0.3, 0.4) is 0 Å². The molecule has 3 rings (SSSR count). The Hall–Kier alpha value is -2.34. The van der Waals surface area contributed by atoms with Gasteiger partial charge >= 0.3 is 0 Å². The third-order valence-electron chi connectivity index (χ3n) is 4.26. The number of nitrogens with zero attached hydrogens (tertiary/aromatic N) is 1. The van der Waals surface area contributed by atoms with E-state index in [1.807, 2.05) is 35.2 Å². The van der Waals surface area contributed by atoms with Crippen molar-refractivity contribution in [3.63, 3.8) is 0 Å². The first-order valence-corrected chi connectivity index (χ1v) is 9.08.